The van der Waals surface area contributed by atoms with E-state index < -0.39 is 0 Å². The first-order valence-electron chi connectivity index (χ1n) is 9.93. The van der Waals surface area contributed by atoms with Crippen LogP contribution in [0.4, 0.5) is 0 Å². The number of fused-ring (bicyclic) bond motifs is 1. The van der Waals surface area contributed by atoms with Gasteiger partial charge in [-0.25, -0.2) is 4.09 Å². The van der Waals surface area contributed by atoms with Crippen LogP contribution in [0.3, 0.4) is 0 Å². The fourth-order valence-corrected chi connectivity index (χ4v) is 3.91. The smallest absolute Gasteiger partial charge is 0.264 e. The van der Waals surface area contributed by atoms with Crippen LogP contribution in [0.25, 0.3) is 16.5 Å². The monoisotopic (exact) mass is 429 g/mol. The van der Waals surface area contributed by atoms with Crippen LogP contribution in [0.15, 0.2) is 71.8 Å². The molecule has 0 bridgehead atoms. The van der Waals surface area contributed by atoms with E-state index in [1.807, 2.05) is 68.7 Å². The Balaban J connectivity index is 1.91. The molecule has 0 amide bonds. The maximum Gasteiger partial charge on any atom is 0.264 e. The van der Waals surface area contributed by atoms with Crippen molar-refractivity contribution in [3.63, 3.8) is 0 Å². The zero-order valence-electron chi connectivity index (χ0n) is 17.4. The molecule has 0 saturated heterocycles. The van der Waals surface area contributed by atoms with Crippen LogP contribution in [-0.4, -0.2) is 26.7 Å². The Morgan fingerprint density at radius 3 is 2.71 bits per heavy atom. The van der Waals surface area contributed by atoms with E-state index in [1.165, 1.54) is 11.9 Å². The van der Waals surface area contributed by atoms with Gasteiger partial charge < -0.3 is 11.1 Å². The van der Waals surface area contributed by atoms with Crippen LogP contribution >= 0.6 is 11.9 Å². The summed E-state index contributed by atoms with van der Waals surface area (Å²) in [5.74, 6) is 6.72. The molecule has 0 radical (unpaired) electrons. The van der Waals surface area contributed by atoms with Crippen molar-refractivity contribution in [1.82, 2.24) is 19.1 Å². The number of hydrogen-bond acceptors (Lipinski definition) is 5. The van der Waals surface area contributed by atoms with Gasteiger partial charge in [-0.3, -0.25) is 9.36 Å². The van der Waals surface area contributed by atoms with Crippen molar-refractivity contribution in [3.05, 3.63) is 94.2 Å². The molecule has 1 atom stereocenters. The number of nitrogens with zero attached hydrogens (tertiary/aromatic N) is 3. The lowest BCUT2D eigenvalue weighted by Crippen LogP contribution is -2.27. The maximum absolute atomic E-state index is 13.7. The molecule has 0 saturated carbocycles. The third kappa shape index (κ3) is 4.28. The summed E-state index contributed by atoms with van der Waals surface area (Å²) in [6, 6.07) is 17.5. The van der Waals surface area contributed by atoms with E-state index in [9.17, 15) is 4.79 Å². The van der Waals surface area contributed by atoms with Crippen molar-refractivity contribution < 1.29 is 0 Å². The van der Waals surface area contributed by atoms with Gasteiger partial charge >= 0.3 is 0 Å². The fourth-order valence-electron chi connectivity index (χ4n) is 3.45. The predicted octanol–water partition coefficient (Wildman–Crippen LogP) is 3.28. The van der Waals surface area contributed by atoms with Crippen molar-refractivity contribution in [3.8, 4) is 17.5 Å². The standard InChI is InChI=1S/C24H23N5OS/c1-17(26-2)22-13-20-8-6-7-19(12-11-18-14-27-28(15-18)31-16-25)23(20)24(30)29(22)21-9-4-3-5-10-21/h3-10,13-15,17,26H,16,25H2,1-2H3. The molecule has 31 heavy (non-hydrogen) atoms. The van der Waals surface area contributed by atoms with E-state index in [4.69, 9.17) is 5.73 Å². The SMILES string of the molecule is CNC(C)c1cc2cccc(C#Cc3cnn(SCN)c3)c2c(=O)n1-c1ccccc1. The Bertz CT molecular complexity index is 1330. The second-order valence-corrected chi connectivity index (χ2v) is 7.97. The Kier molecular flexibility index (Phi) is 6.23. The normalized spacial score (nSPS) is 11.8. The molecule has 0 aliphatic rings. The predicted molar refractivity (Wildman–Crippen MR) is 127 cm³/mol. The molecule has 0 fully saturated rings. The summed E-state index contributed by atoms with van der Waals surface area (Å²) in [6.07, 6.45) is 3.51. The lowest BCUT2D eigenvalue weighted by Gasteiger charge is -2.19. The number of para-hydroxylation sites is 1. The summed E-state index contributed by atoms with van der Waals surface area (Å²) in [4.78, 5) is 13.7. The van der Waals surface area contributed by atoms with Gasteiger partial charge in [-0.15, -0.1) is 0 Å². The van der Waals surface area contributed by atoms with Gasteiger partial charge in [0.25, 0.3) is 5.56 Å². The molecule has 4 aromatic rings. The van der Waals surface area contributed by atoms with Crippen LogP contribution in [0.1, 0.15) is 29.8 Å². The molecule has 3 N–H and O–H groups in total. The van der Waals surface area contributed by atoms with E-state index in [0.29, 0.717) is 16.8 Å². The third-order valence-corrected chi connectivity index (χ3v) is 5.69. The van der Waals surface area contributed by atoms with Crippen molar-refractivity contribution in [1.29, 1.82) is 0 Å². The Morgan fingerprint density at radius 2 is 1.97 bits per heavy atom. The molecule has 4 rings (SSSR count). The van der Waals surface area contributed by atoms with Crippen molar-refractivity contribution in [2.24, 2.45) is 5.73 Å². The largest absolute Gasteiger partial charge is 0.320 e. The van der Waals surface area contributed by atoms with Crippen LogP contribution < -0.4 is 16.6 Å². The molecular formula is C24H23N5OS. The second kappa shape index (κ2) is 9.23. The van der Waals surface area contributed by atoms with Crippen LogP contribution in [-0.2, 0) is 0 Å². The molecule has 156 valence electrons. The Morgan fingerprint density at radius 1 is 1.16 bits per heavy atom. The minimum absolute atomic E-state index is 0.00192. The van der Waals surface area contributed by atoms with Gasteiger partial charge in [0, 0.05) is 23.0 Å². The number of benzene rings is 2. The minimum atomic E-state index is -0.0833. The van der Waals surface area contributed by atoms with Gasteiger partial charge in [-0.2, -0.15) is 5.10 Å². The van der Waals surface area contributed by atoms with Gasteiger partial charge in [0.1, 0.15) is 0 Å². The molecular weight excluding hydrogens is 406 g/mol. The molecule has 2 aromatic heterocycles. The number of rotatable bonds is 5. The average Bonchev–Trinajstić information content (AvgIpc) is 3.25. The van der Waals surface area contributed by atoms with Crippen molar-refractivity contribution in [2.45, 2.75) is 13.0 Å². The van der Waals surface area contributed by atoms with E-state index >= 15 is 0 Å². The maximum atomic E-state index is 13.7. The lowest BCUT2D eigenvalue weighted by molar-refractivity contribution is 0.612. The van der Waals surface area contributed by atoms with Crippen LogP contribution in [0.2, 0.25) is 0 Å². The average molecular weight is 430 g/mol. The van der Waals surface area contributed by atoms with Crippen molar-refractivity contribution >= 4 is 22.7 Å². The van der Waals surface area contributed by atoms with Gasteiger partial charge in [0.05, 0.1) is 29.2 Å². The molecule has 1 unspecified atom stereocenters. The first-order valence-corrected chi connectivity index (χ1v) is 10.9. The molecule has 0 spiro atoms. The van der Waals surface area contributed by atoms with Crippen LogP contribution in [0.5, 0.6) is 0 Å². The fraction of sp³-hybridized carbons (Fsp3) is 0.167. The summed E-state index contributed by atoms with van der Waals surface area (Å²) >= 11 is 1.39. The Hall–Kier alpha value is -3.31. The summed E-state index contributed by atoms with van der Waals surface area (Å²) in [6.45, 7) is 2.04. The molecule has 6 nitrogen and oxygen atoms in total. The molecule has 2 heterocycles. The topological polar surface area (TPSA) is 77.9 Å². The lowest BCUT2D eigenvalue weighted by atomic mass is 10.0. The van der Waals surface area contributed by atoms with Gasteiger partial charge in [-0.05, 0) is 55.6 Å². The first kappa shape index (κ1) is 20.9. The summed E-state index contributed by atoms with van der Waals surface area (Å²) < 4.78 is 3.45. The molecule has 0 aliphatic heterocycles. The molecule has 0 aliphatic carbocycles. The number of nitrogens with two attached hydrogens (primary N) is 1. The highest BCUT2D eigenvalue weighted by Crippen LogP contribution is 2.23. The highest BCUT2D eigenvalue weighted by Gasteiger charge is 2.16. The first-order chi connectivity index (χ1) is 15.1. The zero-order chi connectivity index (χ0) is 21.8. The zero-order valence-corrected chi connectivity index (χ0v) is 18.2. The molecule has 2 aromatic carbocycles. The number of pyridine rings is 1. The van der Waals surface area contributed by atoms with E-state index in [0.717, 1.165) is 22.3 Å². The highest BCUT2D eigenvalue weighted by atomic mass is 32.2. The van der Waals surface area contributed by atoms with Crippen LogP contribution in [0, 0.1) is 11.8 Å². The van der Waals surface area contributed by atoms with Gasteiger partial charge in [0.15, 0.2) is 0 Å². The van der Waals surface area contributed by atoms with E-state index in [1.54, 1.807) is 14.9 Å². The van der Waals surface area contributed by atoms with Gasteiger partial charge in [-0.1, -0.05) is 42.2 Å². The minimum Gasteiger partial charge on any atom is -0.320 e. The number of nitrogens with one attached hydrogen (secondary N) is 1. The van der Waals surface area contributed by atoms with E-state index in [2.05, 4.69) is 28.3 Å². The second-order valence-electron chi connectivity index (χ2n) is 7.00. The van der Waals surface area contributed by atoms with Gasteiger partial charge in [0.2, 0.25) is 0 Å². The molecule has 7 heteroatoms. The quantitative estimate of drug-likeness (QED) is 0.376. The highest BCUT2D eigenvalue weighted by molar-refractivity contribution is 7.97. The van der Waals surface area contributed by atoms with E-state index in [-0.39, 0.29) is 11.6 Å². The summed E-state index contributed by atoms with van der Waals surface area (Å²) in [7, 11) is 1.89. The third-order valence-electron chi connectivity index (χ3n) is 5.07. The number of aromatic nitrogens is 3. The van der Waals surface area contributed by atoms with Crippen molar-refractivity contribution in [2.75, 3.05) is 12.9 Å². The number of hydrogen-bond donors (Lipinski definition) is 2. The summed E-state index contributed by atoms with van der Waals surface area (Å²) in [5, 5.41) is 8.94. The summed E-state index contributed by atoms with van der Waals surface area (Å²) in [5.41, 5.74) is 8.64. The Labute approximate surface area is 185 Å².